The van der Waals surface area contributed by atoms with E-state index in [0.29, 0.717) is 16.7 Å². The molecule has 2 aliphatic heterocycles. The molecule has 194 valence electrons. The van der Waals surface area contributed by atoms with Gasteiger partial charge in [0.25, 0.3) is 0 Å². The van der Waals surface area contributed by atoms with Gasteiger partial charge in [-0.2, -0.15) is 0 Å². The number of rotatable bonds is 7. The molecule has 1 N–H and O–H groups in total. The van der Waals surface area contributed by atoms with Gasteiger partial charge < -0.3 is 19.9 Å². The number of hydrogen-bond acceptors (Lipinski definition) is 6. The zero-order valence-electron chi connectivity index (χ0n) is 21.5. The summed E-state index contributed by atoms with van der Waals surface area (Å²) in [5.41, 5.74) is 2.12. The fraction of sp³-hybridized carbons (Fsp3) is 0.414. The second-order valence-corrected chi connectivity index (χ2v) is 10.4. The van der Waals surface area contributed by atoms with E-state index in [1.165, 1.54) is 0 Å². The maximum atomic E-state index is 11.6. The summed E-state index contributed by atoms with van der Waals surface area (Å²) in [5, 5.41) is 4.33. The lowest BCUT2D eigenvalue weighted by Crippen LogP contribution is -2.39. The van der Waals surface area contributed by atoms with Crippen LogP contribution in [0.1, 0.15) is 50.0 Å². The highest BCUT2D eigenvalue weighted by molar-refractivity contribution is 6.30. The Hall–Kier alpha value is -3.32. The number of amides is 1. The molecule has 0 radical (unpaired) electrons. The van der Waals surface area contributed by atoms with Crippen molar-refractivity contribution in [3.63, 3.8) is 0 Å². The first-order valence-electron chi connectivity index (χ1n) is 13.1. The highest BCUT2D eigenvalue weighted by Gasteiger charge is 2.28. The van der Waals surface area contributed by atoms with Gasteiger partial charge in [0, 0.05) is 61.6 Å². The van der Waals surface area contributed by atoms with E-state index in [0.717, 1.165) is 80.5 Å². The van der Waals surface area contributed by atoms with E-state index in [9.17, 15) is 4.79 Å². The van der Waals surface area contributed by atoms with Crippen LogP contribution in [0.5, 0.6) is 11.5 Å². The number of aromatic nitrogens is 2. The molecule has 1 saturated heterocycles. The number of nitrogens with zero attached hydrogens (tertiary/aromatic N) is 4. The summed E-state index contributed by atoms with van der Waals surface area (Å²) in [6.45, 7) is 7.29. The molecular formula is C29H34ClN5O2. The van der Waals surface area contributed by atoms with Gasteiger partial charge in [-0.3, -0.25) is 4.79 Å². The van der Waals surface area contributed by atoms with Gasteiger partial charge in [-0.15, -0.1) is 0 Å². The van der Waals surface area contributed by atoms with Crippen LogP contribution in [0.15, 0.2) is 54.7 Å². The van der Waals surface area contributed by atoms with Crippen molar-refractivity contribution in [2.45, 2.75) is 45.6 Å². The van der Waals surface area contributed by atoms with Gasteiger partial charge in [0.15, 0.2) is 0 Å². The van der Waals surface area contributed by atoms with Crippen LogP contribution in [0.3, 0.4) is 0 Å². The van der Waals surface area contributed by atoms with Gasteiger partial charge in [-0.25, -0.2) is 9.97 Å². The molecule has 1 unspecified atom stereocenters. The highest BCUT2D eigenvalue weighted by Crippen LogP contribution is 2.36. The van der Waals surface area contributed by atoms with E-state index >= 15 is 0 Å². The predicted molar refractivity (Wildman–Crippen MR) is 148 cm³/mol. The number of fused-ring (bicyclic) bond motifs is 1. The first-order chi connectivity index (χ1) is 17.9. The molecule has 2 aromatic carbocycles. The standard InChI is InChI=1S/C29H34ClN5O2/c1-20-31-19-27-28(33-24-6-4-8-26(18-24)37-25-7-3-5-23(30)17-25)12-16-35(29(27)32-20)15-11-22-9-13-34(14-10-22)21(2)36/h3-8,17-19,22,28,33H,9-16H2,1-2H3. The van der Waals surface area contributed by atoms with Gasteiger partial charge in [0.05, 0.1) is 6.04 Å². The fourth-order valence-corrected chi connectivity index (χ4v) is 5.45. The largest absolute Gasteiger partial charge is 0.457 e. The van der Waals surface area contributed by atoms with E-state index < -0.39 is 0 Å². The van der Waals surface area contributed by atoms with Crippen molar-refractivity contribution >= 4 is 29.0 Å². The van der Waals surface area contributed by atoms with E-state index in [2.05, 4.69) is 21.3 Å². The smallest absolute Gasteiger partial charge is 0.219 e. The number of nitrogens with one attached hydrogen (secondary N) is 1. The van der Waals surface area contributed by atoms with Crippen LogP contribution in [0.4, 0.5) is 11.5 Å². The topological polar surface area (TPSA) is 70.6 Å². The molecule has 8 heteroatoms. The normalized spacial score (nSPS) is 17.9. The summed E-state index contributed by atoms with van der Waals surface area (Å²) >= 11 is 6.10. The van der Waals surface area contributed by atoms with Gasteiger partial charge in [-0.1, -0.05) is 23.7 Å². The number of aryl methyl sites for hydroxylation is 1. The summed E-state index contributed by atoms with van der Waals surface area (Å²) in [5.74, 6) is 4.12. The lowest BCUT2D eigenvalue weighted by atomic mass is 9.92. The summed E-state index contributed by atoms with van der Waals surface area (Å²) in [4.78, 5) is 25.4. The fourth-order valence-electron chi connectivity index (χ4n) is 5.27. The highest BCUT2D eigenvalue weighted by atomic mass is 35.5. The molecule has 0 spiro atoms. The molecule has 1 amide bonds. The Morgan fingerprint density at radius 2 is 1.84 bits per heavy atom. The monoisotopic (exact) mass is 519 g/mol. The zero-order valence-corrected chi connectivity index (χ0v) is 22.2. The van der Waals surface area contributed by atoms with Gasteiger partial charge in [0.2, 0.25) is 5.91 Å². The summed E-state index contributed by atoms with van der Waals surface area (Å²) in [7, 11) is 0. The molecule has 2 aliphatic rings. The van der Waals surface area contributed by atoms with Gasteiger partial charge in [0.1, 0.15) is 23.1 Å². The van der Waals surface area contributed by atoms with Crippen molar-refractivity contribution in [2.75, 3.05) is 36.4 Å². The molecule has 37 heavy (non-hydrogen) atoms. The molecule has 3 aromatic rings. The Labute approximate surface area is 223 Å². The number of likely N-dealkylation sites (tertiary alicyclic amines) is 1. The molecule has 0 saturated carbocycles. The van der Waals surface area contributed by atoms with Gasteiger partial charge >= 0.3 is 0 Å². The molecular weight excluding hydrogens is 486 g/mol. The molecule has 7 nitrogen and oxygen atoms in total. The SMILES string of the molecule is CC(=O)N1CCC(CCN2CCC(Nc3cccc(Oc4cccc(Cl)c4)c3)c3cnc(C)nc32)CC1. The zero-order chi connectivity index (χ0) is 25.8. The van der Waals surface area contributed by atoms with Crippen LogP contribution in [-0.2, 0) is 4.79 Å². The van der Waals surface area contributed by atoms with E-state index in [-0.39, 0.29) is 11.9 Å². The van der Waals surface area contributed by atoms with Crippen molar-refractivity contribution < 1.29 is 9.53 Å². The predicted octanol–water partition coefficient (Wildman–Crippen LogP) is 6.24. The first kappa shape index (κ1) is 25.3. The minimum atomic E-state index is 0.118. The third-order valence-electron chi connectivity index (χ3n) is 7.35. The second-order valence-electron chi connectivity index (χ2n) is 9.99. The molecule has 3 heterocycles. The van der Waals surface area contributed by atoms with Gasteiger partial charge in [-0.05, 0) is 68.9 Å². The third-order valence-corrected chi connectivity index (χ3v) is 7.59. The van der Waals surface area contributed by atoms with E-state index in [4.69, 9.17) is 21.3 Å². The number of ether oxygens (including phenoxy) is 1. The number of carbonyl (C=O) groups excluding carboxylic acids is 1. The van der Waals surface area contributed by atoms with Crippen LogP contribution in [0.2, 0.25) is 5.02 Å². The van der Waals surface area contributed by atoms with Crippen LogP contribution in [0, 0.1) is 12.8 Å². The summed E-state index contributed by atoms with van der Waals surface area (Å²) in [6.07, 6.45) is 6.22. The van der Waals surface area contributed by atoms with Crippen molar-refractivity contribution in [1.29, 1.82) is 0 Å². The van der Waals surface area contributed by atoms with Crippen molar-refractivity contribution in [3.8, 4) is 11.5 Å². The number of benzene rings is 2. The lowest BCUT2D eigenvalue weighted by Gasteiger charge is -2.37. The van der Waals surface area contributed by atoms with Crippen LogP contribution >= 0.6 is 11.6 Å². The quantitative estimate of drug-likeness (QED) is 0.398. The van der Waals surface area contributed by atoms with E-state index in [1.807, 2.05) is 54.4 Å². The minimum absolute atomic E-state index is 0.118. The number of piperidine rings is 1. The first-order valence-corrected chi connectivity index (χ1v) is 13.5. The maximum Gasteiger partial charge on any atom is 0.219 e. The maximum absolute atomic E-state index is 11.6. The number of anilines is 2. The molecule has 1 atom stereocenters. The Balaban J connectivity index is 1.25. The van der Waals surface area contributed by atoms with Crippen molar-refractivity contribution in [2.24, 2.45) is 5.92 Å². The van der Waals surface area contributed by atoms with Crippen LogP contribution in [-0.4, -0.2) is 47.0 Å². The molecule has 5 rings (SSSR count). The number of carbonyl (C=O) groups is 1. The number of halogens is 1. The average molecular weight is 520 g/mol. The molecule has 0 bridgehead atoms. The van der Waals surface area contributed by atoms with E-state index in [1.54, 1.807) is 13.0 Å². The van der Waals surface area contributed by atoms with Crippen LogP contribution < -0.4 is 15.0 Å². The van der Waals surface area contributed by atoms with Crippen molar-refractivity contribution in [3.05, 3.63) is 71.1 Å². The Kier molecular flexibility index (Phi) is 7.79. The molecule has 0 aliphatic carbocycles. The van der Waals surface area contributed by atoms with Crippen molar-refractivity contribution in [1.82, 2.24) is 14.9 Å². The minimum Gasteiger partial charge on any atom is -0.457 e. The van der Waals surface area contributed by atoms with Crippen LogP contribution in [0.25, 0.3) is 0 Å². The summed E-state index contributed by atoms with van der Waals surface area (Å²) in [6, 6.07) is 15.5. The Morgan fingerprint density at radius 3 is 2.59 bits per heavy atom. The molecule has 1 aromatic heterocycles. The Morgan fingerprint density at radius 1 is 1.08 bits per heavy atom. The average Bonchev–Trinajstić information content (AvgIpc) is 2.88. The lowest BCUT2D eigenvalue weighted by molar-refractivity contribution is -0.130. The molecule has 1 fully saturated rings. The second kappa shape index (κ2) is 11.4. The summed E-state index contributed by atoms with van der Waals surface area (Å²) < 4.78 is 6.02. The number of hydrogen-bond donors (Lipinski definition) is 1. The Bertz CT molecular complexity index is 1240. The third kappa shape index (κ3) is 6.34.